The number of hydrogen-bond acceptors (Lipinski definition) is 2. The van der Waals surface area contributed by atoms with E-state index in [2.05, 4.69) is 15.0 Å². The molecule has 1 aromatic carbocycles. The molecule has 17 heavy (non-hydrogen) atoms. The van der Waals surface area contributed by atoms with Gasteiger partial charge in [-0.1, -0.05) is 6.07 Å². The van der Waals surface area contributed by atoms with Crippen LogP contribution in [0.25, 0.3) is 22.6 Å². The summed E-state index contributed by atoms with van der Waals surface area (Å²) in [6.45, 7) is 0. The molecule has 0 saturated heterocycles. The van der Waals surface area contributed by atoms with Gasteiger partial charge in [-0.15, -0.1) is 0 Å². The van der Waals surface area contributed by atoms with Crippen LogP contribution < -0.4 is 0 Å². The molecule has 0 fully saturated rings. The monoisotopic (exact) mass is 227 g/mol. The normalized spacial score (nSPS) is 10.8. The zero-order valence-electron chi connectivity index (χ0n) is 8.77. The first-order valence-corrected chi connectivity index (χ1v) is 5.11. The number of nitrogens with zero attached hydrogens (tertiary/aromatic N) is 1. The SMILES string of the molecule is O=C(O)c1cccc2[nH]c(-c3ccc[nH]3)nc12. The summed E-state index contributed by atoms with van der Waals surface area (Å²) in [5, 5.41) is 9.06. The van der Waals surface area contributed by atoms with Crippen LogP contribution in [-0.4, -0.2) is 26.0 Å². The number of para-hydroxylation sites is 1. The number of carboxylic acid groups (broad SMARTS) is 1. The van der Waals surface area contributed by atoms with Crippen molar-refractivity contribution < 1.29 is 9.90 Å². The fourth-order valence-electron chi connectivity index (χ4n) is 1.81. The van der Waals surface area contributed by atoms with E-state index in [-0.39, 0.29) is 5.56 Å². The highest BCUT2D eigenvalue weighted by molar-refractivity contribution is 6.01. The summed E-state index contributed by atoms with van der Waals surface area (Å²) >= 11 is 0. The van der Waals surface area contributed by atoms with Gasteiger partial charge in [-0.3, -0.25) is 0 Å². The van der Waals surface area contributed by atoms with Crippen molar-refractivity contribution in [2.24, 2.45) is 0 Å². The van der Waals surface area contributed by atoms with Crippen LogP contribution >= 0.6 is 0 Å². The molecule has 0 radical (unpaired) electrons. The molecule has 0 saturated carbocycles. The Kier molecular flexibility index (Phi) is 1.98. The van der Waals surface area contributed by atoms with Crippen molar-refractivity contribution in [2.75, 3.05) is 0 Å². The highest BCUT2D eigenvalue weighted by Gasteiger charge is 2.13. The van der Waals surface area contributed by atoms with Gasteiger partial charge < -0.3 is 15.1 Å². The van der Waals surface area contributed by atoms with Crippen LogP contribution in [0.3, 0.4) is 0 Å². The van der Waals surface area contributed by atoms with Crippen LogP contribution in [0.5, 0.6) is 0 Å². The topological polar surface area (TPSA) is 81.8 Å². The van der Waals surface area contributed by atoms with E-state index in [1.165, 1.54) is 0 Å². The molecule has 0 spiro atoms. The minimum Gasteiger partial charge on any atom is -0.478 e. The molecule has 3 aromatic rings. The number of imidazole rings is 1. The number of fused-ring (bicyclic) bond motifs is 1. The Bertz CT molecular complexity index is 683. The predicted molar refractivity (Wildman–Crippen MR) is 62.8 cm³/mol. The lowest BCUT2D eigenvalue weighted by Crippen LogP contribution is -1.96. The number of hydrogen-bond donors (Lipinski definition) is 3. The van der Waals surface area contributed by atoms with Gasteiger partial charge in [0.1, 0.15) is 5.52 Å². The maximum Gasteiger partial charge on any atom is 0.337 e. The van der Waals surface area contributed by atoms with E-state index in [1.54, 1.807) is 24.4 Å². The van der Waals surface area contributed by atoms with Gasteiger partial charge in [0.25, 0.3) is 0 Å². The molecule has 0 atom stereocenters. The van der Waals surface area contributed by atoms with E-state index in [9.17, 15) is 4.79 Å². The molecular formula is C12H9N3O2. The first-order valence-electron chi connectivity index (χ1n) is 5.11. The highest BCUT2D eigenvalue weighted by atomic mass is 16.4. The third kappa shape index (κ3) is 1.48. The number of carbonyl (C=O) groups is 1. The van der Waals surface area contributed by atoms with E-state index >= 15 is 0 Å². The number of H-pyrrole nitrogens is 2. The lowest BCUT2D eigenvalue weighted by Gasteiger charge is -1.93. The number of carboxylic acids is 1. The molecule has 2 aromatic heterocycles. The molecule has 84 valence electrons. The molecule has 5 heteroatoms. The zero-order valence-corrected chi connectivity index (χ0v) is 8.77. The maximum absolute atomic E-state index is 11.0. The molecule has 5 nitrogen and oxygen atoms in total. The Hall–Kier alpha value is -2.56. The standard InChI is InChI=1S/C12H9N3O2/c16-12(17)7-3-1-4-8-10(7)15-11(14-8)9-5-2-6-13-9/h1-6,13H,(H,14,15)(H,16,17). The molecule has 3 rings (SSSR count). The van der Waals surface area contributed by atoms with E-state index < -0.39 is 5.97 Å². The second-order valence-corrected chi connectivity index (χ2v) is 3.68. The van der Waals surface area contributed by atoms with Gasteiger partial charge in [-0.25, -0.2) is 9.78 Å². The van der Waals surface area contributed by atoms with Crippen molar-refractivity contribution in [1.82, 2.24) is 15.0 Å². The average Bonchev–Trinajstić information content (AvgIpc) is 2.96. The summed E-state index contributed by atoms with van der Waals surface area (Å²) in [6, 6.07) is 8.78. The third-order valence-electron chi connectivity index (χ3n) is 2.60. The lowest BCUT2D eigenvalue weighted by atomic mass is 10.2. The number of rotatable bonds is 2. The number of aromatic carboxylic acids is 1. The molecule has 3 N–H and O–H groups in total. The van der Waals surface area contributed by atoms with E-state index in [1.807, 2.05) is 12.1 Å². The number of nitrogens with one attached hydrogen (secondary N) is 2. The van der Waals surface area contributed by atoms with E-state index in [0.717, 1.165) is 11.2 Å². The summed E-state index contributed by atoms with van der Waals surface area (Å²) in [4.78, 5) is 21.5. The zero-order chi connectivity index (χ0) is 11.8. The summed E-state index contributed by atoms with van der Waals surface area (Å²) in [7, 11) is 0. The summed E-state index contributed by atoms with van der Waals surface area (Å²) < 4.78 is 0. The van der Waals surface area contributed by atoms with Gasteiger partial charge >= 0.3 is 5.97 Å². The molecular weight excluding hydrogens is 218 g/mol. The maximum atomic E-state index is 11.0. The quantitative estimate of drug-likeness (QED) is 0.628. The van der Waals surface area contributed by atoms with Gasteiger partial charge in [0, 0.05) is 6.20 Å². The Labute approximate surface area is 96.1 Å². The van der Waals surface area contributed by atoms with Crippen molar-refractivity contribution in [2.45, 2.75) is 0 Å². The fraction of sp³-hybridized carbons (Fsp3) is 0. The first kappa shape index (κ1) is 9.65. The highest BCUT2D eigenvalue weighted by Crippen LogP contribution is 2.21. The Morgan fingerprint density at radius 3 is 2.82 bits per heavy atom. The number of aromatic amines is 2. The van der Waals surface area contributed by atoms with Crippen molar-refractivity contribution in [3.8, 4) is 11.5 Å². The molecule has 0 amide bonds. The van der Waals surface area contributed by atoms with Crippen LogP contribution in [0.2, 0.25) is 0 Å². The van der Waals surface area contributed by atoms with E-state index in [0.29, 0.717) is 11.3 Å². The van der Waals surface area contributed by atoms with Gasteiger partial charge in [-0.2, -0.15) is 0 Å². The Morgan fingerprint density at radius 2 is 2.12 bits per heavy atom. The molecule has 0 bridgehead atoms. The first-order chi connectivity index (χ1) is 8.25. The van der Waals surface area contributed by atoms with Gasteiger partial charge in [0.05, 0.1) is 16.8 Å². The average molecular weight is 227 g/mol. The minimum absolute atomic E-state index is 0.205. The second-order valence-electron chi connectivity index (χ2n) is 3.68. The van der Waals surface area contributed by atoms with Crippen LogP contribution in [0.15, 0.2) is 36.5 Å². The van der Waals surface area contributed by atoms with Crippen LogP contribution in [0.4, 0.5) is 0 Å². The van der Waals surface area contributed by atoms with Crippen molar-refractivity contribution in [3.63, 3.8) is 0 Å². The third-order valence-corrected chi connectivity index (χ3v) is 2.60. The minimum atomic E-state index is -0.972. The number of benzene rings is 1. The van der Waals surface area contributed by atoms with Crippen molar-refractivity contribution in [1.29, 1.82) is 0 Å². The Balaban J connectivity index is 2.26. The molecule has 0 unspecified atom stereocenters. The van der Waals surface area contributed by atoms with E-state index in [4.69, 9.17) is 5.11 Å². The molecule has 2 heterocycles. The van der Waals surface area contributed by atoms with Gasteiger partial charge in [-0.05, 0) is 24.3 Å². The predicted octanol–water partition coefficient (Wildman–Crippen LogP) is 2.26. The van der Waals surface area contributed by atoms with Crippen molar-refractivity contribution in [3.05, 3.63) is 42.1 Å². The summed E-state index contributed by atoms with van der Waals surface area (Å²) in [5.74, 6) is -0.334. The smallest absolute Gasteiger partial charge is 0.337 e. The number of aromatic nitrogens is 3. The summed E-state index contributed by atoms with van der Waals surface area (Å²) in [6.07, 6.45) is 1.79. The van der Waals surface area contributed by atoms with Gasteiger partial charge in [0.2, 0.25) is 0 Å². The van der Waals surface area contributed by atoms with Crippen LogP contribution in [0, 0.1) is 0 Å². The fourth-order valence-corrected chi connectivity index (χ4v) is 1.81. The lowest BCUT2D eigenvalue weighted by molar-refractivity contribution is 0.0699. The van der Waals surface area contributed by atoms with Crippen LogP contribution in [0.1, 0.15) is 10.4 Å². The van der Waals surface area contributed by atoms with Crippen molar-refractivity contribution >= 4 is 17.0 Å². The van der Waals surface area contributed by atoms with Crippen LogP contribution in [-0.2, 0) is 0 Å². The second kappa shape index (κ2) is 3.48. The molecule has 0 aliphatic heterocycles. The molecule has 0 aliphatic carbocycles. The van der Waals surface area contributed by atoms with Gasteiger partial charge in [0.15, 0.2) is 5.82 Å². The molecule has 0 aliphatic rings. The largest absolute Gasteiger partial charge is 0.478 e. The summed E-state index contributed by atoms with van der Waals surface area (Å²) in [5.41, 5.74) is 2.23. The Morgan fingerprint density at radius 1 is 1.24 bits per heavy atom.